The third kappa shape index (κ3) is 7.55. The summed E-state index contributed by atoms with van der Waals surface area (Å²) < 4.78 is 43.2. The minimum Gasteiger partial charge on any atom is -0.477 e. The number of anilines is 1. The van der Waals surface area contributed by atoms with Gasteiger partial charge in [0.2, 0.25) is 5.88 Å². The highest BCUT2D eigenvalue weighted by molar-refractivity contribution is 6.29. The summed E-state index contributed by atoms with van der Waals surface area (Å²) >= 11 is 5.70. The summed E-state index contributed by atoms with van der Waals surface area (Å²) in [5, 5.41) is 6.91. The summed E-state index contributed by atoms with van der Waals surface area (Å²) in [5.41, 5.74) is 5.38. The number of aliphatic imine (C=N–C) groups is 1. The van der Waals surface area contributed by atoms with Crippen molar-refractivity contribution < 1.29 is 17.9 Å². The van der Waals surface area contributed by atoms with Crippen LogP contribution in [0, 0.1) is 0 Å². The lowest BCUT2D eigenvalue weighted by molar-refractivity contribution is -0.118. The fourth-order valence-corrected chi connectivity index (χ4v) is 1.99. The Morgan fingerprint density at radius 1 is 1.35 bits per heavy atom. The highest BCUT2D eigenvalue weighted by Crippen LogP contribution is 2.14. The molecule has 2 rings (SSSR count). The first kappa shape index (κ1) is 19.8. The van der Waals surface area contributed by atoms with E-state index >= 15 is 0 Å². The van der Waals surface area contributed by atoms with E-state index in [0.29, 0.717) is 24.8 Å². The van der Waals surface area contributed by atoms with Crippen LogP contribution in [-0.2, 0) is 6.54 Å². The van der Waals surface area contributed by atoms with Gasteiger partial charge in [0.05, 0.1) is 19.0 Å². The molecule has 0 aliphatic heterocycles. The van der Waals surface area contributed by atoms with Crippen molar-refractivity contribution in [2.24, 2.45) is 10.7 Å². The van der Waals surface area contributed by atoms with Crippen molar-refractivity contribution in [3.63, 3.8) is 0 Å². The summed E-state index contributed by atoms with van der Waals surface area (Å²) in [6.07, 6.45) is 1.69. The van der Waals surface area contributed by atoms with E-state index in [1.54, 1.807) is 16.9 Å². The predicted octanol–water partition coefficient (Wildman–Crippen LogP) is 2.47. The fraction of sp³-hybridized carbons (Fsp3) is 0.429. The lowest BCUT2D eigenvalue weighted by Crippen LogP contribution is -2.25. The highest BCUT2D eigenvalue weighted by Gasteiger charge is 2.26. The number of hydrogen-bond donors (Lipinski definition) is 2. The maximum Gasteiger partial charge on any atom is 0.408 e. The van der Waals surface area contributed by atoms with Crippen LogP contribution in [0.5, 0.6) is 5.88 Å². The van der Waals surface area contributed by atoms with Crippen LogP contribution in [0.2, 0.25) is 5.15 Å². The maximum absolute atomic E-state index is 12.1. The molecule has 8 nitrogen and oxygen atoms in total. The largest absolute Gasteiger partial charge is 0.477 e. The molecule has 0 aliphatic rings. The Bertz CT molecular complexity index is 735. The van der Waals surface area contributed by atoms with Gasteiger partial charge in [0.1, 0.15) is 6.54 Å². The molecule has 2 aromatic heterocycles. The van der Waals surface area contributed by atoms with E-state index < -0.39 is 12.7 Å². The van der Waals surface area contributed by atoms with Gasteiger partial charge in [-0.15, -0.1) is 0 Å². The molecule has 2 heterocycles. The van der Waals surface area contributed by atoms with Crippen LogP contribution in [-0.4, -0.2) is 45.0 Å². The highest BCUT2D eigenvalue weighted by atomic mass is 35.5. The Labute approximate surface area is 152 Å². The first-order valence-corrected chi connectivity index (χ1v) is 7.97. The minimum absolute atomic E-state index is 0.261. The lowest BCUT2D eigenvalue weighted by Gasteiger charge is -2.06. The normalized spacial score (nSPS) is 12.2. The van der Waals surface area contributed by atoms with Crippen LogP contribution in [0.4, 0.5) is 19.0 Å². The Hall–Kier alpha value is -2.56. The zero-order valence-electron chi connectivity index (χ0n) is 13.6. The Morgan fingerprint density at radius 2 is 2.15 bits per heavy atom. The van der Waals surface area contributed by atoms with Gasteiger partial charge in [0.25, 0.3) is 0 Å². The molecule has 0 fully saturated rings. The van der Waals surface area contributed by atoms with Gasteiger partial charge in [-0.3, -0.25) is 9.67 Å². The Morgan fingerprint density at radius 3 is 2.88 bits per heavy atom. The number of alkyl halides is 3. The third-order valence-corrected chi connectivity index (χ3v) is 3.12. The molecule has 3 N–H and O–H groups in total. The predicted molar refractivity (Wildman–Crippen MR) is 90.2 cm³/mol. The van der Waals surface area contributed by atoms with E-state index in [-0.39, 0.29) is 11.1 Å². The first-order valence-electron chi connectivity index (χ1n) is 7.59. The van der Waals surface area contributed by atoms with Gasteiger partial charge in [0.15, 0.2) is 16.9 Å². The molecular formula is C14H17ClF3N7O. The summed E-state index contributed by atoms with van der Waals surface area (Å²) in [6.45, 7) is -0.298. The van der Waals surface area contributed by atoms with Crippen LogP contribution in [0.15, 0.2) is 29.6 Å². The number of halogens is 4. The number of rotatable bonds is 8. The monoisotopic (exact) mass is 391 g/mol. The molecule has 0 spiro atoms. The molecule has 0 unspecified atom stereocenters. The second-order valence-corrected chi connectivity index (χ2v) is 5.53. The van der Waals surface area contributed by atoms with Crippen molar-refractivity contribution in [2.75, 3.05) is 18.5 Å². The summed E-state index contributed by atoms with van der Waals surface area (Å²) in [6, 6.07) is 1.59. The molecule has 0 aromatic carbocycles. The standard InChI is InChI=1S/C14H17ClF3N7O/c15-10-7-20-8-12(22-10)26-6-2-1-4-25-5-3-11(24-25)23-13(19)21-9-14(16,17)18/h3,5,7-8H,1-2,4,6,9H2,(H3,19,21,23,24). The number of ether oxygens (including phenoxy) is 1. The SMILES string of the molecule is N/C(=N/CC(F)(F)F)Nc1ccn(CCCCOc2cncc(Cl)n2)n1. The number of aryl methyl sites for hydroxylation is 1. The number of hydrogen-bond acceptors (Lipinski definition) is 5. The van der Waals surface area contributed by atoms with Crippen molar-refractivity contribution in [1.82, 2.24) is 19.7 Å². The molecule has 26 heavy (non-hydrogen) atoms. The molecule has 0 atom stereocenters. The van der Waals surface area contributed by atoms with E-state index in [9.17, 15) is 13.2 Å². The molecule has 0 saturated heterocycles. The van der Waals surface area contributed by atoms with E-state index in [4.69, 9.17) is 22.1 Å². The molecule has 0 saturated carbocycles. The fourth-order valence-electron chi connectivity index (χ4n) is 1.85. The number of nitrogens with zero attached hydrogens (tertiary/aromatic N) is 5. The van der Waals surface area contributed by atoms with Gasteiger partial charge in [-0.2, -0.15) is 23.3 Å². The molecule has 2 aromatic rings. The van der Waals surface area contributed by atoms with Crippen LogP contribution in [0.3, 0.4) is 0 Å². The zero-order valence-corrected chi connectivity index (χ0v) is 14.3. The van der Waals surface area contributed by atoms with E-state index in [2.05, 4.69) is 25.4 Å². The third-order valence-electron chi connectivity index (χ3n) is 2.94. The van der Waals surface area contributed by atoms with Gasteiger partial charge in [-0.25, -0.2) is 4.99 Å². The molecular weight excluding hydrogens is 375 g/mol. The zero-order chi connectivity index (χ0) is 19.0. The van der Waals surface area contributed by atoms with Gasteiger partial charge < -0.3 is 15.8 Å². The first-order chi connectivity index (χ1) is 12.3. The van der Waals surface area contributed by atoms with Crippen molar-refractivity contribution >= 4 is 23.4 Å². The van der Waals surface area contributed by atoms with Crippen molar-refractivity contribution in [3.8, 4) is 5.88 Å². The van der Waals surface area contributed by atoms with Crippen molar-refractivity contribution in [1.29, 1.82) is 0 Å². The number of nitrogens with two attached hydrogens (primary N) is 1. The van der Waals surface area contributed by atoms with Crippen LogP contribution >= 0.6 is 11.6 Å². The Kier molecular flexibility index (Phi) is 7.01. The van der Waals surface area contributed by atoms with Gasteiger partial charge in [-0.1, -0.05) is 11.6 Å². The molecule has 0 aliphatic carbocycles. The minimum atomic E-state index is -4.40. The molecule has 0 bridgehead atoms. The van der Waals surface area contributed by atoms with E-state index in [1.165, 1.54) is 12.4 Å². The lowest BCUT2D eigenvalue weighted by atomic mass is 10.3. The number of nitrogens with one attached hydrogen (secondary N) is 1. The summed E-state index contributed by atoms with van der Waals surface area (Å²) in [5.74, 6) is 0.333. The topological polar surface area (TPSA) is 103 Å². The molecule has 12 heteroatoms. The number of aromatic nitrogens is 4. The van der Waals surface area contributed by atoms with Gasteiger partial charge >= 0.3 is 6.18 Å². The molecule has 0 amide bonds. The average molecular weight is 392 g/mol. The van der Waals surface area contributed by atoms with Crippen LogP contribution in [0.1, 0.15) is 12.8 Å². The smallest absolute Gasteiger partial charge is 0.408 e. The quantitative estimate of drug-likeness (QED) is 0.407. The average Bonchev–Trinajstić information content (AvgIpc) is 2.99. The number of unbranched alkanes of at least 4 members (excludes halogenated alkanes) is 1. The van der Waals surface area contributed by atoms with Crippen LogP contribution in [0.25, 0.3) is 0 Å². The van der Waals surface area contributed by atoms with Gasteiger partial charge in [-0.05, 0) is 12.8 Å². The molecule has 0 radical (unpaired) electrons. The second kappa shape index (κ2) is 9.22. The van der Waals surface area contributed by atoms with Crippen LogP contribution < -0.4 is 15.8 Å². The van der Waals surface area contributed by atoms with Gasteiger partial charge in [0, 0.05) is 18.8 Å². The van der Waals surface area contributed by atoms with E-state index in [1.807, 2.05) is 0 Å². The van der Waals surface area contributed by atoms with Crippen molar-refractivity contribution in [3.05, 3.63) is 29.8 Å². The Balaban J connectivity index is 1.68. The maximum atomic E-state index is 12.1. The molecule has 142 valence electrons. The second-order valence-electron chi connectivity index (χ2n) is 5.14. The van der Waals surface area contributed by atoms with E-state index in [0.717, 1.165) is 12.8 Å². The van der Waals surface area contributed by atoms with Crippen molar-refractivity contribution in [2.45, 2.75) is 25.6 Å². The summed E-state index contributed by atoms with van der Waals surface area (Å²) in [4.78, 5) is 11.0. The number of guanidine groups is 1. The summed E-state index contributed by atoms with van der Waals surface area (Å²) in [7, 11) is 0.